The van der Waals surface area contributed by atoms with Gasteiger partial charge >= 0.3 is 0 Å². The smallest absolute Gasteiger partial charge is 0.226 e. The van der Waals surface area contributed by atoms with E-state index in [1.54, 1.807) is 0 Å². The van der Waals surface area contributed by atoms with Crippen LogP contribution < -0.4 is 9.47 Å². The van der Waals surface area contributed by atoms with E-state index in [0.717, 1.165) is 47.4 Å². The maximum atomic E-state index is 6.07. The van der Waals surface area contributed by atoms with Crippen molar-refractivity contribution >= 4 is 0 Å². The maximum absolute atomic E-state index is 6.07. The van der Waals surface area contributed by atoms with Gasteiger partial charge in [0.25, 0.3) is 0 Å². The van der Waals surface area contributed by atoms with Crippen molar-refractivity contribution in [2.75, 3.05) is 13.2 Å². The largest absolute Gasteiger partial charge is 0.493 e. The van der Waals surface area contributed by atoms with E-state index < -0.39 is 0 Å². The number of oxazole rings is 1. The van der Waals surface area contributed by atoms with Gasteiger partial charge in [0.15, 0.2) is 0 Å². The lowest BCUT2D eigenvalue weighted by atomic mass is 10.0. The zero-order chi connectivity index (χ0) is 27.1. The van der Waals surface area contributed by atoms with Crippen molar-refractivity contribution < 1.29 is 13.9 Å². The summed E-state index contributed by atoms with van der Waals surface area (Å²) in [7, 11) is 0. The maximum Gasteiger partial charge on any atom is 0.226 e. The fraction of sp³-hybridized carbons (Fsp3) is 0.229. The number of aryl methyl sites for hydroxylation is 1. The molecule has 0 saturated carbocycles. The standard InChI is InChI=1S/C35H34N2O3/c1-26-33(36-35(39-26)29-9-4-2-5-10-29)22-24-38-30-20-16-28(17-21-30)34-13-8-23-37(34)25-27-14-18-32(19-15-27)40-31-11-6-3-7-12-31/h2-7,9-12,14-21,34H,8,13,22-25H2,1H3/t34-/m1/s1. The molecule has 40 heavy (non-hydrogen) atoms. The summed E-state index contributed by atoms with van der Waals surface area (Å²) in [4.78, 5) is 7.25. The quantitative estimate of drug-likeness (QED) is 0.181. The lowest BCUT2D eigenvalue weighted by molar-refractivity contribution is 0.248. The number of rotatable bonds is 10. The van der Waals surface area contributed by atoms with Crippen LogP contribution in [-0.2, 0) is 13.0 Å². The predicted molar refractivity (Wildman–Crippen MR) is 158 cm³/mol. The molecule has 1 atom stereocenters. The highest BCUT2D eigenvalue weighted by Gasteiger charge is 2.26. The van der Waals surface area contributed by atoms with Crippen LogP contribution >= 0.6 is 0 Å². The van der Waals surface area contributed by atoms with Gasteiger partial charge in [0.05, 0.1) is 12.3 Å². The molecular formula is C35H34N2O3. The molecule has 0 unspecified atom stereocenters. The monoisotopic (exact) mass is 530 g/mol. The van der Waals surface area contributed by atoms with E-state index in [-0.39, 0.29) is 0 Å². The van der Waals surface area contributed by atoms with Crippen molar-refractivity contribution in [1.29, 1.82) is 0 Å². The molecule has 0 spiro atoms. The fourth-order valence-corrected chi connectivity index (χ4v) is 5.33. The molecule has 5 heteroatoms. The Hall–Kier alpha value is -4.35. The lowest BCUT2D eigenvalue weighted by Crippen LogP contribution is -2.22. The molecule has 1 aliphatic heterocycles. The third-order valence-corrected chi connectivity index (χ3v) is 7.44. The highest BCUT2D eigenvalue weighted by atomic mass is 16.5. The van der Waals surface area contributed by atoms with Crippen LogP contribution in [0.2, 0.25) is 0 Å². The summed E-state index contributed by atoms with van der Waals surface area (Å²) in [5.74, 6) is 4.10. The lowest BCUT2D eigenvalue weighted by Gasteiger charge is -2.25. The first-order chi connectivity index (χ1) is 19.7. The third kappa shape index (κ3) is 6.27. The first-order valence-corrected chi connectivity index (χ1v) is 14.0. The van der Waals surface area contributed by atoms with Crippen molar-refractivity contribution in [3.63, 3.8) is 0 Å². The minimum Gasteiger partial charge on any atom is -0.493 e. The van der Waals surface area contributed by atoms with E-state index in [1.807, 2.05) is 67.6 Å². The van der Waals surface area contributed by atoms with Crippen molar-refractivity contribution in [1.82, 2.24) is 9.88 Å². The van der Waals surface area contributed by atoms with Gasteiger partial charge < -0.3 is 13.9 Å². The Kier molecular flexibility index (Phi) is 7.92. The van der Waals surface area contributed by atoms with E-state index >= 15 is 0 Å². The number of aromatic nitrogens is 1. The number of para-hydroxylation sites is 1. The molecule has 6 rings (SSSR count). The molecule has 0 amide bonds. The molecular weight excluding hydrogens is 496 g/mol. The van der Waals surface area contributed by atoms with Crippen LogP contribution in [0.1, 0.15) is 41.5 Å². The van der Waals surface area contributed by atoms with E-state index in [0.29, 0.717) is 25.0 Å². The summed E-state index contributed by atoms with van der Waals surface area (Å²) in [5.41, 5.74) is 4.57. The third-order valence-electron chi connectivity index (χ3n) is 7.44. The second kappa shape index (κ2) is 12.2. The minimum absolute atomic E-state index is 0.420. The Morgan fingerprint density at radius 2 is 1.48 bits per heavy atom. The molecule has 1 aromatic heterocycles. The van der Waals surface area contributed by atoms with Crippen LogP contribution in [0.5, 0.6) is 17.2 Å². The van der Waals surface area contributed by atoms with E-state index in [9.17, 15) is 0 Å². The Balaban J connectivity index is 1.02. The highest BCUT2D eigenvalue weighted by Crippen LogP contribution is 2.34. The van der Waals surface area contributed by atoms with Crippen LogP contribution in [0, 0.1) is 6.92 Å². The first-order valence-electron chi connectivity index (χ1n) is 14.0. The van der Waals surface area contributed by atoms with Gasteiger partial charge in [0.1, 0.15) is 23.0 Å². The zero-order valence-electron chi connectivity index (χ0n) is 22.8. The summed E-state index contributed by atoms with van der Waals surface area (Å²) in [6, 6.07) is 37.4. The molecule has 0 bridgehead atoms. The molecule has 0 radical (unpaired) electrons. The number of nitrogens with zero attached hydrogens (tertiary/aromatic N) is 2. The van der Waals surface area contributed by atoms with E-state index in [1.165, 1.54) is 24.0 Å². The van der Waals surface area contributed by atoms with E-state index in [2.05, 4.69) is 58.4 Å². The molecule has 2 heterocycles. The zero-order valence-corrected chi connectivity index (χ0v) is 22.8. The van der Waals surface area contributed by atoms with Crippen LogP contribution in [-0.4, -0.2) is 23.0 Å². The van der Waals surface area contributed by atoms with Crippen LogP contribution in [0.3, 0.4) is 0 Å². The molecule has 1 fully saturated rings. The summed E-state index contributed by atoms with van der Waals surface area (Å²) >= 11 is 0. The molecule has 0 N–H and O–H groups in total. The first kappa shape index (κ1) is 25.9. The van der Waals surface area contributed by atoms with Gasteiger partial charge in [-0.2, -0.15) is 0 Å². The van der Waals surface area contributed by atoms with E-state index in [4.69, 9.17) is 13.9 Å². The number of ether oxygens (including phenoxy) is 2. The Morgan fingerprint density at radius 3 is 2.23 bits per heavy atom. The predicted octanol–water partition coefficient (Wildman–Crippen LogP) is 8.40. The van der Waals surface area contributed by atoms with Crippen molar-refractivity contribution in [3.05, 3.63) is 132 Å². The molecule has 0 aliphatic carbocycles. The average molecular weight is 531 g/mol. The SMILES string of the molecule is Cc1oc(-c2ccccc2)nc1CCOc1ccc([C@H]2CCCN2Cc2ccc(Oc3ccccc3)cc2)cc1. The number of hydrogen-bond donors (Lipinski definition) is 0. The van der Waals surface area contributed by atoms with Gasteiger partial charge in [-0.3, -0.25) is 4.90 Å². The van der Waals surface area contributed by atoms with Gasteiger partial charge in [-0.05, 0) is 86.0 Å². The topological polar surface area (TPSA) is 47.7 Å². The second-order valence-corrected chi connectivity index (χ2v) is 10.2. The second-order valence-electron chi connectivity index (χ2n) is 10.2. The summed E-state index contributed by atoms with van der Waals surface area (Å²) in [5, 5.41) is 0. The Labute approximate surface area is 236 Å². The van der Waals surface area contributed by atoms with Crippen LogP contribution in [0.4, 0.5) is 0 Å². The number of benzene rings is 4. The average Bonchev–Trinajstić information content (AvgIpc) is 3.62. The van der Waals surface area contributed by atoms with Gasteiger partial charge in [0.2, 0.25) is 5.89 Å². The van der Waals surface area contributed by atoms with Crippen molar-refractivity contribution in [2.45, 2.75) is 38.8 Å². The molecule has 202 valence electrons. The minimum atomic E-state index is 0.420. The number of likely N-dealkylation sites (tertiary alicyclic amines) is 1. The molecule has 1 saturated heterocycles. The summed E-state index contributed by atoms with van der Waals surface area (Å²) in [6.45, 7) is 4.55. The van der Waals surface area contributed by atoms with Gasteiger partial charge in [-0.1, -0.05) is 60.7 Å². The summed E-state index contributed by atoms with van der Waals surface area (Å²) < 4.78 is 17.9. The molecule has 5 aromatic rings. The van der Waals surface area contributed by atoms with Crippen molar-refractivity contribution in [3.8, 4) is 28.7 Å². The Morgan fingerprint density at radius 1 is 0.800 bits per heavy atom. The van der Waals surface area contributed by atoms with Crippen LogP contribution in [0.15, 0.2) is 114 Å². The van der Waals surface area contributed by atoms with Gasteiger partial charge in [0, 0.05) is 24.6 Å². The van der Waals surface area contributed by atoms with Crippen LogP contribution in [0.25, 0.3) is 11.5 Å². The Bertz CT molecular complexity index is 1500. The fourth-order valence-electron chi connectivity index (χ4n) is 5.33. The van der Waals surface area contributed by atoms with Gasteiger partial charge in [-0.15, -0.1) is 0 Å². The molecule has 5 nitrogen and oxygen atoms in total. The molecule has 4 aromatic carbocycles. The number of hydrogen-bond acceptors (Lipinski definition) is 5. The normalized spacial score (nSPS) is 15.3. The highest BCUT2D eigenvalue weighted by molar-refractivity contribution is 5.53. The van der Waals surface area contributed by atoms with Crippen molar-refractivity contribution in [2.24, 2.45) is 0 Å². The van der Waals surface area contributed by atoms with Gasteiger partial charge in [-0.25, -0.2) is 4.98 Å². The summed E-state index contributed by atoms with van der Waals surface area (Å²) in [6.07, 6.45) is 3.08. The molecule has 1 aliphatic rings.